The first-order chi connectivity index (χ1) is 19.4. The molecule has 12 heteroatoms. The van der Waals surface area contributed by atoms with Gasteiger partial charge in [-0.3, -0.25) is 14.5 Å². The molecule has 1 saturated heterocycles. The van der Waals surface area contributed by atoms with Crippen LogP contribution in [0.5, 0.6) is 0 Å². The molecule has 0 radical (unpaired) electrons. The Balaban J connectivity index is 1.51. The Labute approximate surface area is 236 Å². The summed E-state index contributed by atoms with van der Waals surface area (Å²) in [7, 11) is 1.62. The molecule has 5 rings (SSSR count). The number of nitrogens with one attached hydrogen (secondary N) is 2. The van der Waals surface area contributed by atoms with E-state index in [9.17, 15) is 14.7 Å². The molecule has 2 amide bonds. The summed E-state index contributed by atoms with van der Waals surface area (Å²) in [4.78, 5) is 40.7. The van der Waals surface area contributed by atoms with E-state index in [2.05, 4.69) is 20.6 Å². The van der Waals surface area contributed by atoms with Crippen molar-refractivity contribution >= 4 is 34.6 Å². The van der Waals surface area contributed by atoms with E-state index in [-0.39, 0.29) is 30.5 Å². The highest BCUT2D eigenvalue weighted by atomic mass is 32.1. The van der Waals surface area contributed by atoms with Gasteiger partial charge in [-0.05, 0) is 49.5 Å². The Morgan fingerprint density at radius 2 is 2.10 bits per heavy atom. The first-order valence-corrected chi connectivity index (χ1v) is 14.3. The molecule has 11 nitrogen and oxygen atoms in total. The van der Waals surface area contributed by atoms with E-state index in [4.69, 9.17) is 9.97 Å². The zero-order chi connectivity index (χ0) is 28.2. The summed E-state index contributed by atoms with van der Waals surface area (Å²) in [6.07, 6.45) is 4.28. The smallest absolute Gasteiger partial charge is 0.251 e. The number of fused-ring (bicyclic) bond motifs is 1. The quantitative estimate of drug-likeness (QED) is 0.254. The largest absolute Gasteiger partial charge is 0.395 e. The summed E-state index contributed by atoms with van der Waals surface area (Å²) < 4.78 is 1.69. The molecule has 4 aromatic rings. The van der Waals surface area contributed by atoms with Crippen molar-refractivity contribution in [3.63, 3.8) is 0 Å². The van der Waals surface area contributed by atoms with Gasteiger partial charge < -0.3 is 20.6 Å². The SMILES string of the molecule is CCN(CCO)[C@@H](C)CNC(=O)c1cc(-c2cnn3ccc(-c4cccs4)nc23)nc(N2CC[C@H]2C(=O)NC)c1. The predicted molar refractivity (Wildman–Crippen MR) is 155 cm³/mol. The van der Waals surface area contributed by atoms with E-state index in [1.807, 2.05) is 48.5 Å². The van der Waals surface area contributed by atoms with Crippen LogP contribution in [0.15, 0.2) is 48.1 Å². The molecule has 210 valence electrons. The van der Waals surface area contributed by atoms with Crippen molar-refractivity contribution in [1.82, 2.24) is 35.1 Å². The van der Waals surface area contributed by atoms with Crippen molar-refractivity contribution in [1.29, 1.82) is 0 Å². The molecule has 1 fully saturated rings. The van der Waals surface area contributed by atoms with Crippen LogP contribution in [0.25, 0.3) is 27.5 Å². The summed E-state index contributed by atoms with van der Waals surface area (Å²) in [6, 6.07) is 9.12. The molecule has 0 aliphatic carbocycles. The van der Waals surface area contributed by atoms with Crippen molar-refractivity contribution < 1.29 is 14.7 Å². The number of aliphatic hydroxyl groups is 1. The molecular formula is C28H34N8O3S. The number of carbonyl (C=O) groups excluding carboxylic acids is 2. The number of hydrogen-bond acceptors (Lipinski definition) is 9. The molecule has 1 aliphatic heterocycles. The van der Waals surface area contributed by atoms with Gasteiger partial charge in [-0.1, -0.05) is 13.0 Å². The number of nitrogens with zero attached hydrogens (tertiary/aromatic N) is 6. The third-order valence-corrected chi connectivity index (χ3v) is 8.22. The van der Waals surface area contributed by atoms with E-state index in [1.165, 1.54) is 0 Å². The van der Waals surface area contributed by atoms with Crippen molar-refractivity contribution in [3.05, 3.63) is 53.7 Å². The van der Waals surface area contributed by atoms with Crippen LogP contribution in [-0.4, -0.2) is 93.3 Å². The van der Waals surface area contributed by atoms with Crippen LogP contribution in [0.4, 0.5) is 5.82 Å². The molecule has 2 atom stereocenters. The second kappa shape index (κ2) is 12.1. The van der Waals surface area contributed by atoms with Gasteiger partial charge in [0.25, 0.3) is 5.91 Å². The second-order valence-electron chi connectivity index (χ2n) is 9.74. The lowest BCUT2D eigenvalue weighted by Crippen LogP contribution is -2.56. The van der Waals surface area contributed by atoms with Gasteiger partial charge in [0.1, 0.15) is 11.9 Å². The Bertz CT molecular complexity index is 1490. The zero-order valence-corrected chi connectivity index (χ0v) is 23.7. The molecular weight excluding hydrogens is 528 g/mol. The normalized spacial score (nSPS) is 15.7. The van der Waals surface area contributed by atoms with E-state index < -0.39 is 0 Å². The molecule has 0 spiro atoms. The number of aliphatic hydroxyl groups excluding tert-OH is 1. The summed E-state index contributed by atoms with van der Waals surface area (Å²) in [5.74, 6) is 0.234. The van der Waals surface area contributed by atoms with Crippen molar-refractivity contribution in [2.45, 2.75) is 32.4 Å². The number of anilines is 1. The summed E-state index contributed by atoms with van der Waals surface area (Å²) in [6.45, 7) is 6.51. The molecule has 5 heterocycles. The Morgan fingerprint density at radius 3 is 2.77 bits per heavy atom. The standard InChI is InChI=1S/C28H34N8O3S/c1-4-34(11-12-37)18(2)16-30-27(38)19-14-22(32-25(15-19)35-9-8-23(35)28(39)29-3)20-17-31-36-10-7-21(33-26(20)36)24-6-5-13-40-24/h5-7,10,13-15,17-18,23,37H,4,8-9,11-12,16H2,1-3H3,(H,29,39)(H,30,38)/t18-,23-/m0/s1. The maximum Gasteiger partial charge on any atom is 0.251 e. The maximum absolute atomic E-state index is 13.4. The van der Waals surface area contributed by atoms with Gasteiger partial charge in [-0.25, -0.2) is 14.5 Å². The second-order valence-corrected chi connectivity index (χ2v) is 10.7. The van der Waals surface area contributed by atoms with Crippen molar-refractivity contribution in [3.8, 4) is 21.8 Å². The number of pyridine rings is 1. The third kappa shape index (κ3) is 5.55. The number of hydrogen-bond donors (Lipinski definition) is 3. The minimum atomic E-state index is -0.340. The van der Waals surface area contributed by atoms with Crippen LogP contribution < -0.4 is 15.5 Å². The van der Waals surface area contributed by atoms with E-state index in [1.54, 1.807) is 41.2 Å². The average molecular weight is 563 g/mol. The van der Waals surface area contributed by atoms with Gasteiger partial charge in [0.2, 0.25) is 5.91 Å². The van der Waals surface area contributed by atoms with Gasteiger partial charge in [-0.2, -0.15) is 5.10 Å². The van der Waals surface area contributed by atoms with Gasteiger partial charge in [0.15, 0.2) is 5.65 Å². The number of rotatable bonds is 11. The van der Waals surface area contributed by atoms with Gasteiger partial charge in [0.05, 0.1) is 34.6 Å². The van der Waals surface area contributed by atoms with E-state index >= 15 is 0 Å². The lowest BCUT2D eigenvalue weighted by molar-refractivity contribution is -0.123. The predicted octanol–water partition coefficient (Wildman–Crippen LogP) is 2.28. The first kappa shape index (κ1) is 27.7. The zero-order valence-electron chi connectivity index (χ0n) is 22.9. The Hall–Kier alpha value is -3.87. The van der Waals surface area contributed by atoms with Gasteiger partial charge in [-0.15, -0.1) is 11.3 Å². The Morgan fingerprint density at radius 1 is 1.25 bits per heavy atom. The van der Waals surface area contributed by atoms with Crippen LogP contribution in [0.1, 0.15) is 30.6 Å². The molecule has 3 N–H and O–H groups in total. The molecule has 0 aromatic carbocycles. The van der Waals surface area contributed by atoms with Crippen LogP contribution in [0.2, 0.25) is 0 Å². The maximum atomic E-state index is 13.4. The minimum absolute atomic E-state index is 0.0504. The minimum Gasteiger partial charge on any atom is -0.395 e. The van der Waals surface area contributed by atoms with Crippen LogP contribution in [-0.2, 0) is 4.79 Å². The molecule has 1 aliphatic rings. The molecule has 0 unspecified atom stereocenters. The molecule has 0 saturated carbocycles. The first-order valence-electron chi connectivity index (χ1n) is 13.5. The van der Waals surface area contributed by atoms with E-state index in [0.29, 0.717) is 54.3 Å². The molecule has 4 aromatic heterocycles. The highest BCUT2D eigenvalue weighted by Gasteiger charge is 2.35. The summed E-state index contributed by atoms with van der Waals surface area (Å²) in [5.41, 5.74) is 3.15. The van der Waals surface area contributed by atoms with Gasteiger partial charge >= 0.3 is 0 Å². The summed E-state index contributed by atoms with van der Waals surface area (Å²) >= 11 is 1.61. The van der Waals surface area contributed by atoms with Gasteiger partial charge in [0, 0.05) is 44.5 Å². The average Bonchev–Trinajstić information content (AvgIpc) is 3.64. The van der Waals surface area contributed by atoms with Crippen LogP contribution in [0, 0.1) is 0 Å². The Kier molecular flexibility index (Phi) is 8.38. The monoisotopic (exact) mass is 562 g/mol. The van der Waals surface area contributed by atoms with Crippen molar-refractivity contribution in [2.24, 2.45) is 0 Å². The number of amides is 2. The molecule has 0 bridgehead atoms. The lowest BCUT2D eigenvalue weighted by Gasteiger charge is -2.40. The molecule has 40 heavy (non-hydrogen) atoms. The lowest BCUT2D eigenvalue weighted by atomic mass is 10.0. The summed E-state index contributed by atoms with van der Waals surface area (Å²) in [5, 5.41) is 21.6. The number of thiophene rings is 1. The third-order valence-electron chi connectivity index (χ3n) is 7.33. The van der Waals surface area contributed by atoms with E-state index in [0.717, 1.165) is 17.1 Å². The number of likely N-dealkylation sites (N-methyl/N-ethyl adjacent to an activating group) is 2. The fraction of sp³-hybridized carbons (Fsp3) is 0.393. The topological polar surface area (TPSA) is 128 Å². The van der Waals surface area contributed by atoms with Crippen LogP contribution in [0.3, 0.4) is 0 Å². The number of carbonyl (C=O) groups is 2. The fourth-order valence-corrected chi connectivity index (χ4v) is 5.63. The van der Waals surface area contributed by atoms with Crippen LogP contribution >= 0.6 is 11.3 Å². The number of aromatic nitrogens is 4. The highest BCUT2D eigenvalue weighted by molar-refractivity contribution is 7.13. The fourth-order valence-electron chi connectivity index (χ4n) is 4.93. The van der Waals surface area contributed by atoms with Crippen molar-refractivity contribution in [2.75, 3.05) is 44.7 Å². The highest BCUT2D eigenvalue weighted by Crippen LogP contribution is 2.31.